The van der Waals surface area contributed by atoms with E-state index in [1.807, 2.05) is 38.1 Å². The topological polar surface area (TPSA) is 69.7 Å². The lowest BCUT2D eigenvalue weighted by Crippen LogP contribution is -2.40. The smallest absolute Gasteiger partial charge is 0.264 e. The number of piperidine rings is 1. The molecule has 0 saturated carbocycles. The molecule has 1 fully saturated rings. The third kappa shape index (κ3) is 6.74. The van der Waals surface area contributed by atoms with Crippen molar-refractivity contribution in [2.75, 3.05) is 23.9 Å². The predicted molar refractivity (Wildman–Crippen MR) is 144 cm³/mol. The monoisotopic (exact) mass is 505 g/mol. The van der Waals surface area contributed by atoms with E-state index in [1.54, 1.807) is 36.4 Å². The van der Waals surface area contributed by atoms with E-state index in [-0.39, 0.29) is 17.3 Å². The van der Waals surface area contributed by atoms with Crippen LogP contribution in [0.15, 0.2) is 77.7 Å². The zero-order chi connectivity index (χ0) is 25.5. The van der Waals surface area contributed by atoms with Crippen LogP contribution in [0, 0.1) is 13.8 Å². The molecular formula is C29H35N3O3S. The summed E-state index contributed by atoms with van der Waals surface area (Å²) in [5.74, 6) is -0.358. The number of hydrogen-bond acceptors (Lipinski definition) is 4. The van der Waals surface area contributed by atoms with Crippen molar-refractivity contribution in [3.63, 3.8) is 0 Å². The van der Waals surface area contributed by atoms with Gasteiger partial charge in [-0.15, -0.1) is 0 Å². The second kappa shape index (κ2) is 11.7. The van der Waals surface area contributed by atoms with E-state index in [9.17, 15) is 13.2 Å². The Kier molecular flexibility index (Phi) is 8.44. The minimum atomic E-state index is -3.91. The van der Waals surface area contributed by atoms with Gasteiger partial charge in [-0.25, -0.2) is 8.42 Å². The van der Waals surface area contributed by atoms with Gasteiger partial charge in [-0.05, 0) is 75.2 Å². The standard InChI is InChI=1S/C29H35N3O3S/c1-23-6-14-27(15-7-23)32(36(34,35)28-16-8-24(2)9-17-28)22-29(33)30-20-25-10-12-26(13-11-25)21-31-18-4-3-5-19-31/h6-17H,3-5,18-22H2,1-2H3,(H,30,33). The first kappa shape index (κ1) is 25.9. The molecular weight excluding hydrogens is 470 g/mol. The number of carbonyl (C=O) groups is 1. The van der Waals surface area contributed by atoms with Crippen molar-refractivity contribution < 1.29 is 13.2 Å². The van der Waals surface area contributed by atoms with Crippen molar-refractivity contribution in [1.82, 2.24) is 10.2 Å². The number of carbonyl (C=O) groups excluding carboxylic acids is 1. The lowest BCUT2D eigenvalue weighted by atomic mass is 10.1. The summed E-state index contributed by atoms with van der Waals surface area (Å²) in [6.07, 6.45) is 3.86. The molecule has 1 aliphatic heterocycles. The summed E-state index contributed by atoms with van der Waals surface area (Å²) in [5.41, 5.74) is 4.68. The molecule has 3 aromatic rings. The van der Waals surface area contributed by atoms with Crippen LogP contribution in [-0.4, -0.2) is 38.9 Å². The summed E-state index contributed by atoms with van der Waals surface area (Å²) in [4.78, 5) is 15.5. The fraction of sp³-hybridized carbons (Fsp3) is 0.345. The first-order chi connectivity index (χ1) is 17.3. The van der Waals surface area contributed by atoms with E-state index in [1.165, 1.54) is 29.1 Å². The van der Waals surface area contributed by atoms with Crippen LogP contribution in [0.25, 0.3) is 0 Å². The SMILES string of the molecule is Cc1ccc(N(CC(=O)NCc2ccc(CN3CCCCC3)cc2)S(=O)(=O)c2ccc(C)cc2)cc1. The van der Waals surface area contributed by atoms with Crippen LogP contribution in [0.5, 0.6) is 0 Å². The molecule has 1 saturated heterocycles. The summed E-state index contributed by atoms with van der Waals surface area (Å²) < 4.78 is 28.1. The van der Waals surface area contributed by atoms with Gasteiger partial charge in [0.15, 0.2) is 0 Å². The van der Waals surface area contributed by atoms with Gasteiger partial charge in [0.05, 0.1) is 10.6 Å². The van der Waals surface area contributed by atoms with Crippen molar-refractivity contribution in [1.29, 1.82) is 0 Å². The third-order valence-corrected chi connectivity index (χ3v) is 8.37. The van der Waals surface area contributed by atoms with Gasteiger partial charge in [0.2, 0.25) is 5.91 Å². The fourth-order valence-electron chi connectivity index (χ4n) is 4.39. The molecule has 0 bridgehead atoms. The molecule has 1 N–H and O–H groups in total. The molecule has 4 rings (SSSR count). The highest BCUT2D eigenvalue weighted by Crippen LogP contribution is 2.24. The van der Waals surface area contributed by atoms with Crippen molar-refractivity contribution in [3.05, 3.63) is 95.1 Å². The molecule has 6 nitrogen and oxygen atoms in total. The molecule has 3 aromatic carbocycles. The van der Waals surface area contributed by atoms with E-state index in [0.717, 1.165) is 36.3 Å². The quantitative estimate of drug-likeness (QED) is 0.454. The summed E-state index contributed by atoms with van der Waals surface area (Å²) in [7, 11) is -3.91. The van der Waals surface area contributed by atoms with Gasteiger partial charge < -0.3 is 5.32 Å². The Hall–Kier alpha value is -3.16. The third-order valence-electron chi connectivity index (χ3n) is 6.59. The number of nitrogens with zero attached hydrogens (tertiary/aromatic N) is 2. The van der Waals surface area contributed by atoms with E-state index in [2.05, 4.69) is 22.3 Å². The van der Waals surface area contributed by atoms with Crippen molar-refractivity contribution in [3.8, 4) is 0 Å². The van der Waals surface area contributed by atoms with Crippen LogP contribution >= 0.6 is 0 Å². The Morgan fingerprint density at radius 3 is 1.97 bits per heavy atom. The number of aryl methyl sites for hydroxylation is 2. The average molecular weight is 506 g/mol. The summed E-state index contributed by atoms with van der Waals surface area (Å²) in [6.45, 7) is 7.15. The van der Waals surface area contributed by atoms with E-state index in [0.29, 0.717) is 12.2 Å². The first-order valence-electron chi connectivity index (χ1n) is 12.5. The molecule has 1 heterocycles. The van der Waals surface area contributed by atoms with Crippen LogP contribution in [0.2, 0.25) is 0 Å². The summed E-state index contributed by atoms with van der Waals surface area (Å²) in [6, 6.07) is 22.1. The molecule has 190 valence electrons. The van der Waals surface area contributed by atoms with Crippen LogP contribution < -0.4 is 9.62 Å². The van der Waals surface area contributed by atoms with E-state index < -0.39 is 10.0 Å². The van der Waals surface area contributed by atoms with Crippen molar-refractivity contribution in [2.45, 2.75) is 51.1 Å². The van der Waals surface area contributed by atoms with Crippen molar-refractivity contribution >= 4 is 21.6 Å². The number of benzene rings is 3. The minimum Gasteiger partial charge on any atom is -0.350 e. The molecule has 0 spiro atoms. The maximum Gasteiger partial charge on any atom is 0.264 e. The van der Waals surface area contributed by atoms with Gasteiger partial charge >= 0.3 is 0 Å². The Bertz CT molecular complexity index is 1250. The second-order valence-corrected chi connectivity index (χ2v) is 11.5. The average Bonchev–Trinajstić information content (AvgIpc) is 2.88. The number of rotatable bonds is 9. The van der Waals surface area contributed by atoms with Gasteiger partial charge in [0.25, 0.3) is 10.0 Å². The summed E-state index contributed by atoms with van der Waals surface area (Å²) >= 11 is 0. The molecule has 0 atom stereocenters. The number of nitrogens with one attached hydrogen (secondary N) is 1. The van der Waals surface area contributed by atoms with Crippen LogP contribution in [-0.2, 0) is 27.9 Å². The Labute approximate surface area is 215 Å². The van der Waals surface area contributed by atoms with Gasteiger partial charge in [-0.3, -0.25) is 14.0 Å². The maximum absolute atomic E-state index is 13.5. The Balaban J connectivity index is 1.42. The molecule has 0 radical (unpaired) electrons. The predicted octanol–water partition coefficient (Wildman–Crippen LogP) is 4.80. The lowest BCUT2D eigenvalue weighted by molar-refractivity contribution is -0.119. The maximum atomic E-state index is 13.5. The zero-order valence-corrected chi connectivity index (χ0v) is 21.9. The highest BCUT2D eigenvalue weighted by atomic mass is 32.2. The molecule has 1 amide bonds. The number of anilines is 1. The van der Waals surface area contributed by atoms with Gasteiger partial charge in [0, 0.05) is 13.1 Å². The van der Waals surface area contributed by atoms with E-state index >= 15 is 0 Å². The normalized spacial score (nSPS) is 14.4. The minimum absolute atomic E-state index is 0.158. The zero-order valence-electron chi connectivity index (χ0n) is 21.1. The highest BCUT2D eigenvalue weighted by Gasteiger charge is 2.27. The largest absolute Gasteiger partial charge is 0.350 e. The molecule has 0 unspecified atom stereocenters. The molecule has 7 heteroatoms. The molecule has 1 aliphatic rings. The molecule has 0 aromatic heterocycles. The lowest BCUT2D eigenvalue weighted by Gasteiger charge is -2.26. The summed E-state index contributed by atoms with van der Waals surface area (Å²) in [5, 5.41) is 2.89. The number of amides is 1. The number of sulfonamides is 1. The fourth-order valence-corrected chi connectivity index (χ4v) is 5.81. The molecule has 0 aliphatic carbocycles. The number of hydrogen-bond donors (Lipinski definition) is 1. The van der Waals surface area contributed by atoms with Crippen molar-refractivity contribution in [2.24, 2.45) is 0 Å². The van der Waals surface area contributed by atoms with Gasteiger partial charge in [0.1, 0.15) is 6.54 Å². The molecule has 36 heavy (non-hydrogen) atoms. The Morgan fingerprint density at radius 1 is 0.806 bits per heavy atom. The first-order valence-corrected chi connectivity index (χ1v) is 14.0. The second-order valence-electron chi connectivity index (χ2n) is 9.59. The Morgan fingerprint density at radius 2 is 1.36 bits per heavy atom. The van der Waals surface area contributed by atoms with Crippen LogP contribution in [0.3, 0.4) is 0 Å². The van der Waals surface area contributed by atoms with Gasteiger partial charge in [-0.2, -0.15) is 0 Å². The van der Waals surface area contributed by atoms with Crippen LogP contribution in [0.4, 0.5) is 5.69 Å². The van der Waals surface area contributed by atoms with E-state index in [4.69, 9.17) is 0 Å². The van der Waals surface area contributed by atoms with Gasteiger partial charge in [-0.1, -0.05) is 66.1 Å². The highest BCUT2D eigenvalue weighted by molar-refractivity contribution is 7.92. The number of likely N-dealkylation sites (tertiary alicyclic amines) is 1. The van der Waals surface area contributed by atoms with Crippen LogP contribution in [0.1, 0.15) is 41.5 Å².